The van der Waals surface area contributed by atoms with Gasteiger partial charge in [0.05, 0.1) is 23.9 Å². The Balaban J connectivity index is 0.894. The molecular weight excluding hydrogens is 729 g/mol. The van der Waals surface area contributed by atoms with Gasteiger partial charge in [0.15, 0.2) is 12.2 Å². The SMILES string of the molecule is CN(CCN(C)C1CCC(OC(C(=O)[O-])(c2cccs2)c2cccs2)CC1)C(=O)COc1ccc(CNC[C@H](O)C2=CC=C(O)C3=NC(=O)C=CC23)cc1. The maximum Gasteiger partial charge on any atom is 0.269 e. The number of amides is 2. The second-order valence-corrected chi connectivity index (χ2v) is 15.6. The molecule has 3 aliphatic rings. The lowest BCUT2D eigenvalue weighted by atomic mass is 9.84. The number of aliphatic carboxylic acids is 1. The predicted octanol–water partition coefficient (Wildman–Crippen LogP) is 3.59. The first kappa shape index (κ1) is 39.3. The summed E-state index contributed by atoms with van der Waals surface area (Å²) in [7, 11) is 3.82. The first-order valence-corrected chi connectivity index (χ1v) is 19.7. The Morgan fingerprint density at radius 3 is 2.33 bits per heavy atom. The molecule has 2 amide bonds. The van der Waals surface area contributed by atoms with Crippen LogP contribution in [0, 0.1) is 5.92 Å². The summed E-state index contributed by atoms with van der Waals surface area (Å²) in [5.74, 6) is -1.77. The number of carbonyl (C=O) groups excluding carboxylic acids is 3. The van der Waals surface area contributed by atoms with Crippen molar-refractivity contribution in [2.24, 2.45) is 10.9 Å². The fourth-order valence-corrected chi connectivity index (χ4v) is 8.81. The van der Waals surface area contributed by atoms with Crippen LogP contribution in [0.15, 0.2) is 99.9 Å². The van der Waals surface area contributed by atoms with Gasteiger partial charge in [-0.1, -0.05) is 36.4 Å². The fourth-order valence-electron chi connectivity index (χ4n) is 7.01. The molecule has 6 rings (SSSR count). The highest BCUT2D eigenvalue weighted by molar-refractivity contribution is 7.12. The summed E-state index contributed by atoms with van der Waals surface area (Å²) in [5, 5.41) is 40.5. The number of aliphatic hydroxyl groups excluding tert-OH is 2. The summed E-state index contributed by atoms with van der Waals surface area (Å²) in [4.78, 5) is 46.2. The van der Waals surface area contributed by atoms with Crippen molar-refractivity contribution in [1.82, 2.24) is 15.1 Å². The third-order valence-corrected chi connectivity index (χ3v) is 12.1. The molecule has 1 saturated carbocycles. The van der Waals surface area contributed by atoms with E-state index in [2.05, 4.69) is 22.3 Å². The van der Waals surface area contributed by atoms with Gasteiger partial charge in [-0.15, -0.1) is 22.7 Å². The van der Waals surface area contributed by atoms with E-state index >= 15 is 0 Å². The Morgan fingerprint density at radius 1 is 1.02 bits per heavy atom. The molecule has 3 N–H and O–H groups in total. The van der Waals surface area contributed by atoms with Crippen molar-refractivity contribution < 1.29 is 39.2 Å². The fraction of sp³-hybridized carbons (Fsp3) is 0.400. The molecule has 2 atom stereocenters. The Morgan fingerprint density at radius 2 is 1.70 bits per heavy atom. The summed E-state index contributed by atoms with van der Waals surface area (Å²) in [6, 6.07) is 14.9. The number of fused-ring (bicyclic) bond motifs is 1. The number of carboxylic acid groups (broad SMARTS) is 1. The van der Waals surface area contributed by atoms with Crippen LogP contribution in [-0.4, -0.2) is 102 Å². The number of likely N-dealkylation sites (N-methyl/N-ethyl adjacent to an activating group) is 2. The summed E-state index contributed by atoms with van der Waals surface area (Å²) < 4.78 is 12.2. The van der Waals surface area contributed by atoms with E-state index in [1.54, 1.807) is 48.4 Å². The molecule has 14 heteroatoms. The molecule has 0 radical (unpaired) electrons. The summed E-state index contributed by atoms with van der Waals surface area (Å²) >= 11 is 2.72. The number of ether oxygens (including phenoxy) is 2. The van der Waals surface area contributed by atoms with E-state index in [0.29, 0.717) is 46.8 Å². The van der Waals surface area contributed by atoms with Crippen molar-refractivity contribution in [2.75, 3.05) is 40.3 Å². The van der Waals surface area contributed by atoms with Crippen LogP contribution in [0.4, 0.5) is 0 Å². The van der Waals surface area contributed by atoms with Gasteiger partial charge in [-0.05, 0) is 85.0 Å². The average Bonchev–Trinajstić information content (AvgIpc) is 3.92. The first-order valence-electron chi connectivity index (χ1n) is 18.0. The van der Waals surface area contributed by atoms with E-state index in [0.717, 1.165) is 31.2 Å². The highest BCUT2D eigenvalue weighted by Crippen LogP contribution is 2.42. The van der Waals surface area contributed by atoms with Crippen LogP contribution in [0.5, 0.6) is 5.75 Å². The number of dihydropyridines is 1. The number of nitrogens with zero attached hydrogens (tertiary/aromatic N) is 3. The zero-order chi connectivity index (χ0) is 38.2. The van der Waals surface area contributed by atoms with Gasteiger partial charge in [-0.3, -0.25) is 9.59 Å². The number of hydrogen-bond donors (Lipinski definition) is 3. The summed E-state index contributed by atoms with van der Waals surface area (Å²) in [6.45, 7) is 1.87. The highest BCUT2D eigenvalue weighted by Gasteiger charge is 2.42. The number of rotatable bonds is 17. The second-order valence-electron chi connectivity index (χ2n) is 13.7. The van der Waals surface area contributed by atoms with Crippen molar-refractivity contribution in [3.8, 4) is 5.75 Å². The van der Waals surface area contributed by atoms with Crippen molar-refractivity contribution in [3.63, 3.8) is 0 Å². The molecule has 1 unspecified atom stereocenters. The van der Waals surface area contributed by atoms with E-state index in [1.807, 2.05) is 35.0 Å². The maximum absolute atomic E-state index is 12.9. The minimum absolute atomic E-state index is 0.0759. The van der Waals surface area contributed by atoms with Crippen LogP contribution in [-0.2, 0) is 31.3 Å². The Kier molecular flexibility index (Phi) is 12.9. The molecule has 3 heterocycles. The quantitative estimate of drug-likeness (QED) is 0.185. The Bertz CT molecular complexity index is 1850. The minimum Gasteiger partial charge on any atom is -0.546 e. The van der Waals surface area contributed by atoms with Crippen molar-refractivity contribution in [1.29, 1.82) is 0 Å². The van der Waals surface area contributed by atoms with Gasteiger partial charge in [0.2, 0.25) is 0 Å². The monoisotopic (exact) mass is 773 g/mol. The number of nitrogens with one attached hydrogen (secondary N) is 1. The van der Waals surface area contributed by atoms with Gasteiger partial charge in [0.1, 0.15) is 11.5 Å². The predicted molar refractivity (Wildman–Crippen MR) is 205 cm³/mol. The molecule has 0 saturated heterocycles. The largest absolute Gasteiger partial charge is 0.546 e. The third kappa shape index (κ3) is 9.08. The van der Waals surface area contributed by atoms with Gasteiger partial charge in [-0.2, -0.15) is 0 Å². The number of aliphatic hydroxyl groups is 2. The smallest absolute Gasteiger partial charge is 0.269 e. The normalized spacial score (nSPS) is 20.5. The van der Waals surface area contributed by atoms with Crippen molar-refractivity contribution in [2.45, 2.75) is 56.1 Å². The molecule has 0 spiro atoms. The molecule has 1 aromatic carbocycles. The molecule has 286 valence electrons. The minimum atomic E-state index is -1.61. The molecule has 3 aromatic rings. The highest BCUT2D eigenvalue weighted by atomic mass is 32.1. The van der Waals surface area contributed by atoms with Gasteiger partial charge in [-0.25, -0.2) is 4.99 Å². The number of benzene rings is 1. The van der Waals surface area contributed by atoms with E-state index in [-0.39, 0.29) is 36.6 Å². The van der Waals surface area contributed by atoms with Crippen LogP contribution in [0.2, 0.25) is 0 Å². The molecule has 2 aromatic heterocycles. The van der Waals surface area contributed by atoms with Crippen LogP contribution in [0.1, 0.15) is 41.0 Å². The van der Waals surface area contributed by atoms with E-state index < -0.39 is 29.5 Å². The number of hydrogen-bond acceptors (Lipinski definition) is 12. The van der Waals surface area contributed by atoms with Crippen LogP contribution in [0.25, 0.3) is 0 Å². The Labute approximate surface area is 322 Å². The zero-order valence-corrected chi connectivity index (χ0v) is 31.9. The first-order chi connectivity index (χ1) is 26.0. The molecule has 2 aliphatic carbocycles. The maximum atomic E-state index is 12.9. The van der Waals surface area contributed by atoms with Gasteiger partial charge < -0.3 is 44.7 Å². The average molecular weight is 774 g/mol. The third-order valence-electron chi connectivity index (χ3n) is 10.2. The van der Waals surface area contributed by atoms with E-state index in [9.17, 15) is 29.7 Å². The molecule has 54 heavy (non-hydrogen) atoms. The topological polar surface area (TPSA) is 164 Å². The Hall–Kier alpha value is -4.44. The molecule has 12 nitrogen and oxygen atoms in total. The van der Waals surface area contributed by atoms with Gasteiger partial charge >= 0.3 is 0 Å². The summed E-state index contributed by atoms with van der Waals surface area (Å²) in [6.07, 6.45) is 8.16. The number of aliphatic imine (C=N–C) groups is 1. The standard InChI is InChI=1S/C40H46N4O8S2/c1-43(27-9-13-29(14-10-27)52-40(39(49)50,34-5-3-21-53-34)35-6-4-22-54-35)19-20-44(2)37(48)25-51-28-11-7-26(8-12-28)23-41-24-33(46)30-15-17-32(45)38-31(30)16-18-36(47)42-38/h3-8,11-12,15-18,21-22,27,29,31,33,41,45-46H,9-10,13-14,19-20,23-25H2,1-2H3,(H,49,50)/p-1/t27?,29?,31?,33-/m0/s1. The summed E-state index contributed by atoms with van der Waals surface area (Å²) in [5.41, 5.74) is 0.242. The zero-order valence-electron chi connectivity index (χ0n) is 30.3. The van der Waals surface area contributed by atoms with Gasteiger partial charge in [0, 0.05) is 61.0 Å². The van der Waals surface area contributed by atoms with Crippen LogP contribution in [0.3, 0.4) is 0 Å². The number of carbonyl (C=O) groups is 3. The van der Waals surface area contributed by atoms with E-state index in [1.165, 1.54) is 34.8 Å². The molecule has 0 bridgehead atoms. The van der Waals surface area contributed by atoms with Crippen molar-refractivity contribution >= 4 is 46.2 Å². The second kappa shape index (κ2) is 17.8. The van der Waals surface area contributed by atoms with Gasteiger partial charge in [0.25, 0.3) is 11.8 Å². The van der Waals surface area contributed by atoms with Crippen LogP contribution >= 0.6 is 22.7 Å². The van der Waals surface area contributed by atoms with Crippen LogP contribution < -0.4 is 15.2 Å². The number of thiophene rings is 2. The van der Waals surface area contributed by atoms with E-state index in [4.69, 9.17) is 9.47 Å². The number of carboxylic acids is 1. The molecular formula is C40H45N4O8S2-. The number of allylic oxidation sites excluding steroid dienone is 4. The lowest BCUT2D eigenvalue weighted by molar-refractivity contribution is -0.328. The lowest BCUT2D eigenvalue weighted by Gasteiger charge is -2.41. The lowest BCUT2D eigenvalue weighted by Crippen LogP contribution is -2.50. The van der Waals surface area contributed by atoms with Crippen molar-refractivity contribution in [3.05, 3.63) is 110 Å². The molecule has 1 aliphatic heterocycles. The molecule has 1 fully saturated rings.